The van der Waals surface area contributed by atoms with E-state index in [4.69, 9.17) is 16.3 Å². The molecule has 2 nitrogen and oxygen atoms in total. The highest BCUT2D eigenvalue weighted by Gasteiger charge is 2.10. The van der Waals surface area contributed by atoms with Crippen LogP contribution in [0.3, 0.4) is 0 Å². The molecule has 0 aliphatic rings. The summed E-state index contributed by atoms with van der Waals surface area (Å²) in [7, 11) is 0. The molecule has 0 fully saturated rings. The maximum atomic E-state index is 6.10. The fourth-order valence-electron chi connectivity index (χ4n) is 1.81. The molecule has 0 bridgehead atoms. The van der Waals surface area contributed by atoms with Crippen LogP contribution in [0.4, 0.5) is 5.69 Å². The first-order chi connectivity index (χ1) is 9.61. The Hall–Kier alpha value is -0.710. The van der Waals surface area contributed by atoms with Crippen molar-refractivity contribution in [1.29, 1.82) is 0 Å². The molecule has 0 saturated heterocycles. The number of anilines is 1. The van der Waals surface area contributed by atoms with E-state index in [1.807, 2.05) is 37.3 Å². The molecule has 1 N–H and O–H groups in total. The van der Waals surface area contributed by atoms with Crippen LogP contribution in [-0.2, 0) is 6.54 Å². The third kappa shape index (κ3) is 3.90. The second-order valence-corrected chi connectivity index (χ2v) is 6.29. The number of nitrogens with one attached hydrogen (secondary N) is 1. The van der Waals surface area contributed by atoms with Crippen molar-refractivity contribution in [3.05, 3.63) is 55.9 Å². The molecule has 0 aliphatic carbocycles. The largest absolute Gasteiger partial charge is 0.491 e. The van der Waals surface area contributed by atoms with Gasteiger partial charge in [-0.2, -0.15) is 0 Å². The van der Waals surface area contributed by atoms with Crippen molar-refractivity contribution in [1.82, 2.24) is 0 Å². The molecule has 0 saturated carbocycles. The van der Waals surface area contributed by atoms with E-state index in [1.54, 1.807) is 0 Å². The van der Waals surface area contributed by atoms with E-state index in [0.29, 0.717) is 18.2 Å². The van der Waals surface area contributed by atoms with Crippen molar-refractivity contribution in [2.45, 2.75) is 13.5 Å². The molecule has 106 valence electrons. The standard InChI is InChI=1S/C15H14Br2ClNO/c1-2-20-15-13(17)7-11(18)8-14(15)19-9-10-5-3-4-6-12(10)16/h3-8,19H,2,9H2,1H3. The van der Waals surface area contributed by atoms with Gasteiger partial charge >= 0.3 is 0 Å². The number of halogens is 3. The van der Waals surface area contributed by atoms with Crippen LogP contribution in [0.15, 0.2) is 45.3 Å². The Morgan fingerprint density at radius 1 is 1.15 bits per heavy atom. The molecule has 0 heterocycles. The van der Waals surface area contributed by atoms with E-state index < -0.39 is 0 Å². The zero-order chi connectivity index (χ0) is 14.5. The SMILES string of the molecule is CCOc1c(Br)cc(Cl)cc1NCc1ccccc1Br. The molecule has 0 unspecified atom stereocenters. The van der Waals surface area contributed by atoms with Gasteiger partial charge in [-0.25, -0.2) is 0 Å². The van der Waals surface area contributed by atoms with E-state index in [0.717, 1.165) is 20.4 Å². The second-order valence-electron chi connectivity index (χ2n) is 4.14. The third-order valence-electron chi connectivity index (χ3n) is 2.72. The molecule has 0 aromatic heterocycles. The van der Waals surface area contributed by atoms with Crippen molar-refractivity contribution < 1.29 is 4.74 Å². The lowest BCUT2D eigenvalue weighted by Gasteiger charge is -2.15. The predicted octanol–water partition coefficient (Wildman–Crippen LogP) is 5.88. The Morgan fingerprint density at radius 3 is 2.60 bits per heavy atom. The van der Waals surface area contributed by atoms with E-state index in [2.05, 4.69) is 43.2 Å². The highest BCUT2D eigenvalue weighted by atomic mass is 79.9. The van der Waals surface area contributed by atoms with Crippen LogP contribution in [-0.4, -0.2) is 6.61 Å². The first kappa shape index (κ1) is 15.7. The van der Waals surface area contributed by atoms with E-state index in [-0.39, 0.29) is 0 Å². The zero-order valence-corrected chi connectivity index (χ0v) is 14.8. The van der Waals surface area contributed by atoms with Gasteiger partial charge in [-0.3, -0.25) is 0 Å². The molecular weight excluding hydrogens is 405 g/mol. The quantitative estimate of drug-likeness (QED) is 0.654. The average molecular weight is 420 g/mol. The minimum atomic E-state index is 0.601. The first-order valence-corrected chi connectivity index (χ1v) is 8.17. The average Bonchev–Trinajstić information content (AvgIpc) is 2.41. The smallest absolute Gasteiger partial charge is 0.156 e. The normalized spacial score (nSPS) is 10.4. The van der Waals surface area contributed by atoms with Crippen LogP contribution < -0.4 is 10.1 Å². The Kier molecular flexibility index (Phi) is 5.75. The number of ether oxygens (including phenoxy) is 1. The summed E-state index contributed by atoms with van der Waals surface area (Å²) in [6.45, 7) is 3.25. The van der Waals surface area contributed by atoms with Crippen molar-refractivity contribution in [2.75, 3.05) is 11.9 Å². The van der Waals surface area contributed by atoms with Crippen molar-refractivity contribution in [3.63, 3.8) is 0 Å². The van der Waals surface area contributed by atoms with Gasteiger partial charge in [0.2, 0.25) is 0 Å². The Labute approximate surface area is 140 Å². The van der Waals surface area contributed by atoms with Gasteiger partial charge in [-0.1, -0.05) is 45.7 Å². The topological polar surface area (TPSA) is 21.3 Å². The van der Waals surface area contributed by atoms with E-state index in [9.17, 15) is 0 Å². The fraction of sp³-hybridized carbons (Fsp3) is 0.200. The molecule has 2 aromatic rings. The van der Waals surface area contributed by atoms with Crippen molar-refractivity contribution >= 4 is 49.1 Å². The zero-order valence-electron chi connectivity index (χ0n) is 10.9. The summed E-state index contributed by atoms with van der Waals surface area (Å²) in [4.78, 5) is 0. The van der Waals surface area contributed by atoms with Crippen LogP contribution in [0.5, 0.6) is 5.75 Å². The minimum absolute atomic E-state index is 0.601. The molecular formula is C15H14Br2ClNO. The van der Waals surface area contributed by atoms with Gasteiger partial charge in [-0.15, -0.1) is 0 Å². The van der Waals surface area contributed by atoms with Gasteiger partial charge in [0, 0.05) is 16.0 Å². The van der Waals surface area contributed by atoms with Crippen LogP contribution in [0.1, 0.15) is 12.5 Å². The highest BCUT2D eigenvalue weighted by Crippen LogP contribution is 2.37. The number of benzene rings is 2. The van der Waals surface area contributed by atoms with Crippen LogP contribution >= 0.6 is 43.5 Å². The van der Waals surface area contributed by atoms with Gasteiger partial charge < -0.3 is 10.1 Å². The van der Waals surface area contributed by atoms with E-state index in [1.165, 1.54) is 5.56 Å². The first-order valence-electron chi connectivity index (χ1n) is 6.21. The lowest BCUT2D eigenvalue weighted by Crippen LogP contribution is -2.04. The highest BCUT2D eigenvalue weighted by molar-refractivity contribution is 9.10. The van der Waals surface area contributed by atoms with Crippen LogP contribution in [0.25, 0.3) is 0 Å². The summed E-state index contributed by atoms with van der Waals surface area (Å²) in [6, 6.07) is 11.8. The van der Waals surface area contributed by atoms with Gasteiger partial charge in [0.1, 0.15) is 0 Å². The molecule has 2 rings (SSSR count). The number of hydrogen-bond acceptors (Lipinski definition) is 2. The predicted molar refractivity (Wildman–Crippen MR) is 91.8 cm³/mol. The van der Waals surface area contributed by atoms with Gasteiger partial charge in [-0.05, 0) is 46.6 Å². The van der Waals surface area contributed by atoms with Crippen LogP contribution in [0.2, 0.25) is 5.02 Å². The molecule has 5 heteroatoms. The summed E-state index contributed by atoms with van der Waals surface area (Å²) in [6.07, 6.45) is 0. The summed E-state index contributed by atoms with van der Waals surface area (Å²) in [5.41, 5.74) is 2.05. The van der Waals surface area contributed by atoms with Gasteiger partial charge in [0.25, 0.3) is 0 Å². The maximum absolute atomic E-state index is 6.10. The number of hydrogen-bond donors (Lipinski definition) is 1. The lowest BCUT2D eigenvalue weighted by molar-refractivity contribution is 0.339. The molecule has 2 aromatic carbocycles. The molecule has 20 heavy (non-hydrogen) atoms. The Morgan fingerprint density at radius 2 is 1.90 bits per heavy atom. The van der Waals surface area contributed by atoms with Crippen LogP contribution in [0, 0.1) is 0 Å². The fourth-order valence-corrected chi connectivity index (χ4v) is 3.16. The number of rotatable bonds is 5. The van der Waals surface area contributed by atoms with Gasteiger partial charge in [0.15, 0.2) is 5.75 Å². The Bertz CT molecular complexity index is 604. The minimum Gasteiger partial charge on any atom is -0.491 e. The Balaban J connectivity index is 2.22. The summed E-state index contributed by atoms with van der Waals surface area (Å²) in [5.74, 6) is 0.781. The molecule has 0 spiro atoms. The second kappa shape index (κ2) is 7.34. The summed E-state index contributed by atoms with van der Waals surface area (Å²) in [5, 5.41) is 4.03. The summed E-state index contributed by atoms with van der Waals surface area (Å²) >= 11 is 13.1. The molecule has 0 atom stereocenters. The maximum Gasteiger partial charge on any atom is 0.156 e. The molecule has 0 amide bonds. The monoisotopic (exact) mass is 417 g/mol. The lowest BCUT2D eigenvalue weighted by atomic mass is 10.2. The molecule has 0 radical (unpaired) electrons. The van der Waals surface area contributed by atoms with Crippen molar-refractivity contribution in [3.8, 4) is 5.75 Å². The van der Waals surface area contributed by atoms with E-state index >= 15 is 0 Å². The van der Waals surface area contributed by atoms with Crippen molar-refractivity contribution in [2.24, 2.45) is 0 Å². The summed E-state index contributed by atoms with van der Waals surface area (Å²) < 4.78 is 7.59. The third-order valence-corrected chi connectivity index (χ3v) is 4.31. The molecule has 0 aliphatic heterocycles. The van der Waals surface area contributed by atoms with Gasteiger partial charge in [0.05, 0.1) is 16.8 Å².